The Kier molecular flexibility index (Phi) is 7.09. The van der Waals surface area contributed by atoms with Crippen LogP contribution in [0.15, 0.2) is 53.0 Å². The van der Waals surface area contributed by atoms with E-state index in [9.17, 15) is 14.4 Å². The van der Waals surface area contributed by atoms with Gasteiger partial charge in [-0.25, -0.2) is 0 Å². The number of ketones is 1. The van der Waals surface area contributed by atoms with E-state index in [2.05, 4.69) is 26.6 Å². The van der Waals surface area contributed by atoms with Gasteiger partial charge in [0.25, 0.3) is 5.91 Å². The molecule has 136 valence electrons. The molecule has 0 aliphatic carbocycles. The number of amides is 2. The summed E-state index contributed by atoms with van der Waals surface area (Å²) in [7, 11) is 0. The highest BCUT2D eigenvalue weighted by Crippen LogP contribution is 2.17. The molecule has 0 heterocycles. The zero-order chi connectivity index (χ0) is 19.1. The molecule has 0 bridgehead atoms. The van der Waals surface area contributed by atoms with Crippen molar-refractivity contribution in [1.82, 2.24) is 10.6 Å². The van der Waals surface area contributed by atoms with Crippen LogP contribution in [0.3, 0.4) is 0 Å². The minimum Gasteiger partial charge on any atom is -0.354 e. The molecule has 0 aliphatic heterocycles. The van der Waals surface area contributed by atoms with Gasteiger partial charge in [-0.05, 0) is 30.3 Å². The summed E-state index contributed by atoms with van der Waals surface area (Å²) in [5, 5.41) is 5.47. The monoisotopic (exact) mass is 416 g/mol. The van der Waals surface area contributed by atoms with Crippen LogP contribution in [0.5, 0.6) is 0 Å². The molecule has 2 amide bonds. The molecular weight excluding hydrogens is 396 g/mol. The second-order valence-electron chi connectivity index (χ2n) is 6.08. The number of rotatable bonds is 7. The third kappa shape index (κ3) is 5.26. The first-order valence-corrected chi connectivity index (χ1v) is 9.14. The van der Waals surface area contributed by atoms with Crippen molar-refractivity contribution in [3.8, 4) is 0 Å². The van der Waals surface area contributed by atoms with Crippen molar-refractivity contribution in [3.63, 3.8) is 0 Å². The van der Waals surface area contributed by atoms with Gasteiger partial charge in [0.15, 0.2) is 5.78 Å². The van der Waals surface area contributed by atoms with E-state index in [1.807, 2.05) is 0 Å². The fourth-order valence-electron chi connectivity index (χ4n) is 2.30. The molecule has 0 radical (unpaired) electrons. The Labute approximate surface area is 161 Å². The van der Waals surface area contributed by atoms with E-state index in [0.29, 0.717) is 23.2 Å². The molecule has 26 heavy (non-hydrogen) atoms. The summed E-state index contributed by atoms with van der Waals surface area (Å²) in [5.41, 5.74) is 1.17. The topological polar surface area (TPSA) is 75.3 Å². The quantitative estimate of drug-likeness (QED) is 0.537. The maximum atomic E-state index is 12.7. The SMILES string of the molecule is CC(C)C(=O)NCCNC(=O)c1ccccc1C(=O)c1ccc(Br)cc1. The molecule has 2 aromatic rings. The number of carbonyl (C=O) groups excluding carboxylic acids is 3. The van der Waals surface area contributed by atoms with E-state index in [1.165, 1.54) is 0 Å². The number of nitrogens with one attached hydrogen (secondary N) is 2. The molecular formula is C20H21BrN2O3. The number of benzene rings is 2. The first kappa shape index (κ1) is 19.8. The van der Waals surface area contributed by atoms with Crippen molar-refractivity contribution in [3.05, 3.63) is 69.7 Å². The van der Waals surface area contributed by atoms with Crippen molar-refractivity contribution in [2.24, 2.45) is 5.92 Å². The average molecular weight is 417 g/mol. The molecule has 0 saturated heterocycles. The molecule has 0 spiro atoms. The van der Waals surface area contributed by atoms with Gasteiger partial charge < -0.3 is 10.6 Å². The maximum Gasteiger partial charge on any atom is 0.252 e. The molecule has 0 aromatic heterocycles. The van der Waals surface area contributed by atoms with Crippen LogP contribution in [0.2, 0.25) is 0 Å². The number of halogens is 1. The number of hydrogen-bond acceptors (Lipinski definition) is 3. The van der Waals surface area contributed by atoms with Crippen LogP contribution in [-0.4, -0.2) is 30.7 Å². The lowest BCUT2D eigenvalue weighted by Crippen LogP contribution is -2.36. The van der Waals surface area contributed by atoms with Crippen LogP contribution in [-0.2, 0) is 4.79 Å². The van der Waals surface area contributed by atoms with Crippen molar-refractivity contribution < 1.29 is 14.4 Å². The Morgan fingerprint density at radius 2 is 1.46 bits per heavy atom. The summed E-state index contributed by atoms with van der Waals surface area (Å²) < 4.78 is 0.878. The minimum absolute atomic E-state index is 0.0648. The van der Waals surface area contributed by atoms with Crippen LogP contribution >= 0.6 is 15.9 Å². The molecule has 0 atom stereocenters. The highest BCUT2D eigenvalue weighted by atomic mass is 79.9. The lowest BCUT2D eigenvalue weighted by atomic mass is 9.98. The van der Waals surface area contributed by atoms with Gasteiger partial charge in [-0.2, -0.15) is 0 Å². The van der Waals surface area contributed by atoms with E-state index in [0.717, 1.165) is 4.47 Å². The fourth-order valence-corrected chi connectivity index (χ4v) is 2.56. The third-order valence-electron chi connectivity index (χ3n) is 3.76. The van der Waals surface area contributed by atoms with E-state index in [4.69, 9.17) is 0 Å². The van der Waals surface area contributed by atoms with Crippen LogP contribution < -0.4 is 10.6 Å². The summed E-state index contributed by atoms with van der Waals surface area (Å²) in [6.45, 7) is 4.24. The Morgan fingerprint density at radius 3 is 2.08 bits per heavy atom. The van der Waals surface area contributed by atoms with Crippen LogP contribution in [0, 0.1) is 5.92 Å². The van der Waals surface area contributed by atoms with Gasteiger partial charge in [0.2, 0.25) is 5.91 Å². The van der Waals surface area contributed by atoms with E-state index >= 15 is 0 Å². The normalized spacial score (nSPS) is 10.5. The van der Waals surface area contributed by atoms with Gasteiger partial charge in [-0.3, -0.25) is 14.4 Å². The number of carbonyl (C=O) groups is 3. The zero-order valence-electron chi connectivity index (χ0n) is 14.7. The van der Waals surface area contributed by atoms with Crippen molar-refractivity contribution in [2.45, 2.75) is 13.8 Å². The van der Waals surface area contributed by atoms with E-state index in [1.54, 1.807) is 62.4 Å². The first-order valence-electron chi connectivity index (χ1n) is 8.35. The van der Waals surface area contributed by atoms with Gasteiger partial charge >= 0.3 is 0 Å². The fraction of sp³-hybridized carbons (Fsp3) is 0.250. The number of hydrogen-bond donors (Lipinski definition) is 2. The summed E-state index contributed by atoms with van der Waals surface area (Å²) in [6.07, 6.45) is 0. The smallest absolute Gasteiger partial charge is 0.252 e. The molecule has 0 unspecified atom stereocenters. The van der Waals surface area contributed by atoms with Crippen molar-refractivity contribution >= 4 is 33.5 Å². The minimum atomic E-state index is -0.343. The van der Waals surface area contributed by atoms with Gasteiger partial charge in [0.1, 0.15) is 0 Å². The summed E-state index contributed by atoms with van der Waals surface area (Å²) >= 11 is 3.34. The Bertz CT molecular complexity index is 801. The second kappa shape index (κ2) is 9.29. The molecule has 5 nitrogen and oxygen atoms in total. The second-order valence-corrected chi connectivity index (χ2v) is 7.00. The summed E-state index contributed by atoms with van der Waals surface area (Å²) in [6, 6.07) is 13.7. The Hall–Kier alpha value is -2.47. The molecule has 0 fully saturated rings. The van der Waals surface area contributed by atoms with Crippen LogP contribution in [0.1, 0.15) is 40.1 Å². The summed E-state index contributed by atoms with van der Waals surface area (Å²) in [5.74, 6) is -0.721. The summed E-state index contributed by atoms with van der Waals surface area (Å²) in [4.78, 5) is 36.7. The van der Waals surface area contributed by atoms with E-state index < -0.39 is 0 Å². The average Bonchev–Trinajstić information content (AvgIpc) is 2.64. The van der Waals surface area contributed by atoms with Gasteiger partial charge in [0, 0.05) is 34.6 Å². The lowest BCUT2D eigenvalue weighted by Gasteiger charge is -2.11. The molecule has 6 heteroatoms. The first-order chi connectivity index (χ1) is 12.4. The maximum absolute atomic E-state index is 12.7. The molecule has 0 saturated carbocycles. The lowest BCUT2D eigenvalue weighted by molar-refractivity contribution is -0.123. The molecule has 2 aromatic carbocycles. The predicted molar refractivity (Wildman–Crippen MR) is 104 cm³/mol. The zero-order valence-corrected chi connectivity index (χ0v) is 16.3. The van der Waals surface area contributed by atoms with Crippen molar-refractivity contribution in [2.75, 3.05) is 13.1 Å². The standard InChI is InChI=1S/C20H21BrN2O3/c1-13(2)19(25)22-11-12-23-20(26)17-6-4-3-5-16(17)18(24)14-7-9-15(21)10-8-14/h3-10,13H,11-12H2,1-2H3,(H,22,25)(H,23,26). The predicted octanol–water partition coefficient (Wildman–Crippen LogP) is 3.18. The third-order valence-corrected chi connectivity index (χ3v) is 4.29. The largest absolute Gasteiger partial charge is 0.354 e. The van der Waals surface area contributed by atoms with Crippen LogP contribution in [0.4, 0.5) is 0 Å². The highest BCUT2D eigenvalue weighted by Gasteiger charge is 2.17. The van der Waals surface area contributed by atoms with E-state index in [-0.39, 0.29) is 30.1 Å². The van der Waals surface area contributed by atoms with Crippen LogP contribution in [0.25, 0.3) is 0 Å². The van der Waals surface area contributed by atoms with Crippen molar-refractivity contribution in [1.29, 1.82) is 0 Å². The van der Waals surface area contributed by atoms with Gasteiger partial charge in [-0.15, -0.1) is 0 Å². The Balaban J connectivity index is 2.06. The van der Waals surface area contributed by atoms with Gasteiger partial charge in [-0.1, -0.05) is 48.0 Å². The molecule has 2 rings (SSSR count). The van der Waals surface area contributed by atoms with Gasteiger partial charge in [0.05, 0.1) is 5.56 Å². The molecule has 2 N–H and O–H groups in total. The Morgan fingerprint density at radius 1 is 0.885 bits per heavy atom. The highest BCUT2D eigenvalue weighted by molar-refractivity contribution is 9.10. The molecule has 0 aliphatic rings.